The molecular weight excluding hydrogens is 366 g/mol. The van der Waals surface area contributed by atoms with Crippen molar-refractivity contribution in [3.63, 3.8) is 0 Å². The number of rotatable bonds is 4. The number of carbonyl (C=O) groups is 3. The van der Waals surface area contributed by atoms with Crippen LogP contribution < -0.4 is 10.2 Å². The fourth-order valence-corrected chi connectivity index (χ4v) is 4.59. The summed E-state index contributed by atoms with van der Waals surface area (Å²) in [4.78, 5) is 43.0. The standard InChI is InChI=1S/C23H25N3O3/c1-4-11-25-21(28)18-7-5-6-8-19(18)26-20(27)9-10-23(25,26)22(29)24-17-13-15(2)12-16(3)14-17/h5-8,12-14H,4,9-11H2,1-3H3,(H,24,29). The van der Waals surface area contributed by atoms with Crippen LogP contribution in [0.15, 0.2) is 42.5 Å². The van der Waals surface area contributed by atoms with E-state index in [2.05, 4.69) is 5.32 Å². The Bertz CT molecular complexity index is 996. The maximum Gasteiger partial charge on any atom is 0.271 e. The number of nitrogens with zero attached hydrogens (tertiary/aromatic N) is 2. The highest BCUT2D eigenvalue weighted by Gasteiger charge is 2.60. The number of hydrogen-bond acceptors (Lipinski definition) is 3. The molecule has 2 aliphatic rings. The van der Waals surface area contributed by atoms with Crippen LogP contribution >= 0.6 is 0 Å². The Balaban J connectivity index is 1.84. The van der Waals surface area contributed by atoms with Gasteiger partial charge in [0.25, 0.3) is 11.8 Å². The average molecular weight is 391 g/mol. The smallest absolute Gasteiger partial charge is 0.271 e. The maximum absolute atomic E-state index is 13.7. The van der Waals surface area contributed by atoms with E-state index in [9.17, 15) is 14.4 Å². The molecule has 3 amide bonds. The average Bonchev–Trinajstić information content (AvgIpc) is 3.03. The van der Waals surface area contributed by atoms with Crippen LogP contribution in [0.2, 0.25) is 0 Å². The summed E-state index contributed by atoms with van der Waals surface area (Å²) in [5.74, 6) is -0.685. The van der Waals surface area contributed by atoms with Crippen LogP contribution in [0.5, 0.6) is 0 Å². The topological polar surface area (TPSA) is 69.7 Å². The number of nitrogens with one attached hydrogen (secondary N) is 1. The van der Waals surface area contributed by atoms with Gasteiger partial charge in [-0.15, -0.1) is 0 Å². The van der Waals surface area contributed by atoms with Crippen molar-refractivity contribution in [3.8, 4) is 0 Å². The van der Waals surface area contributed by atoms with Gasteiger partial charge in [0, 0.05) is 25.1 Å². The van der Waals surface area contributed by atoms with E-state index in [4.69, 9.17) is 0 Å². The maximum atomic E-state index is 13.7. The van der Waals surface area contributed by atoms with Gasteiger partial charge in [-0.3, -0.25) is 19.3 Å². The van der Waals surface area contributed by atoms with E-state index in [1.54, 1.807) is 29.2 Å². The van der Waals surface area contributed by atoms with Crippen molar-refractivity contribution < 1.29 is 14.4 Å². The Morgan fingerprint density at radius 1 is 1.10 bits per heavy atom. The predicted molar refractivity (Wildman–Crippen MR) is 112 cm³/mol. The van der Waals surface area contributed by atoms with Gasteiger partial charge in [-0.05, 0) is 55.7 Å². The zero-order chi connectivity index (χ0) is 20.8. The van der Waals surface area contributed by atoms with E-state index in [1.165, 1.54) is 4.90 Å². The van der Waals surface area contributed by atoms with Gasteiger partial charge < -0.3 is 10.2 Å². The monoisotopic (exact) mass is 391 g/mol. The molecule has 2 aliphatic heterocycles. The van der Waals surface area contributed by atoms with Crippen molar-refractivity contribution in [3.05, 3.63) is 59.2 Å². The first kappa shape index (κ1) is 19.2. The summed E-state index contributed by atoms with van der Waals surface area (Å²) < 4.78 is 0. The zero-order valence-corrected chi connectivity index (χ0v) is 17.0. The molecule has 1 N–H and O–H groups in total. The number of amides is 3. The van der Waals surface area contributed by atoms with Crippen molar-refractivity contribution in [2.75, 3.05) is 16.8 Å². The van der Waals surface area contributed by atoms with Crippen LogP contribution in [0, 0.1) is 13.8 Å². The molecule has 0 saturated carbocycles. The first-order valence-electron chi connectivity index (χ1n) is 10.0. The third kappa shape index (κ3) is 2.90. The summed E-state index contributed by atoms with van der Waals surface area (Å²) in [7, 11) is 0. The summed E-state index contributed by atoms with van der Waals surface area (Å²) in [6, 6.07) is 12.9. The number of aryl methyl sites for hydroxylation is 2. The molecular formula is C23H25N3O3. The van der Waals surface area contributed by atoms with Crippen molar-refractivity contribution in [1.82, 2.24) is 4.90 Å². The Morgan fingerprint density at radius 3 is 2.48 bits per heavy atom. The van der Waals surface area contributed by atoms with E-state index >= 15 is 0 Å². The fourth-order valence-electron chi connectivity index (χ4n) is 4.59. The van der Waals surface area contributed by atoms with Gasteiger partial charge in [0.1, 0.15) is 0 Å². The summed E-state index contributed by atoms with van der Waals surface area (Å²) in [5, 5.41) is 2.99. The second-order valence-electron chi connectivity index (χ2n) is 7.85. The Labute approximate surface area is 170 Å². The molecule has 1 fully saturated rings. The zero-order valence-electron chi connectivity index (χ0n) is 17.0. The number of fused-ring (bicyclic) bond motifs is 3. The summed E-state index contributed by atoms with van der Waals surface area (Å²) in [6.07, 6.45) is 1.19. The van der Waals surface area contributed by atoms with E-state index < -0.39 is 5.66 Å². The van der Waals surface area contributed by atoms with Crippen LogP contribution in [0.1, 0.15) is 47.7 Å². The SMILES string of the molecule is CCCN1C(=O)c2ccccc2N2C(=O)CCC12C(=O)Nc1cc(C)cc(C)c1. The second-order valence-corrected chi connectivity index (χ2v) is 7.85. The van der Waals surface area contributed by atoms with Crippen LogP contribution in [0.3, 0.4) is 0 Å². The quantitative estimate of drug-likeness (QED) is 0.865. The molecule has 0 bridgehead atoms. The van der Waals surface area contributed by atoms with Crippen molar-refractivity contribution in [2.24, 2.45) is 0 Å². The molecule has 0 radical (unpaired) electrons. The minimum Gasteiger partial charge on any atom is -0.322 e. The van der Waals surface area contributed by atoms with Crippen molar-refractivity contribution >= 4 is 29.1 Å². The number of anilines is 2. The molecule has 150 valence electrons. The Kier molecular flexibility index (Phi) is 4.65. The lowest BCUT2D eigenvalue weighted by molar-refractivity contribution is -0.128. The van der Waals surface area contributed by atoms with Crippen LogP contribution in [-0.2, 0) is 9.59 Å². The van der Waals surface area contributed by atoms with Crippen LogP contribution in [-0.4, -0.2) is 34.8 Å². The third-order valence-electron chi connectivity index (χ3n) is 5.66. The Morgan fingerprint density at radius 2 is 1.79 bits per heavy atom. The molecule has 2 heterocycles. The summed E-state index contributed by atoms with van der Waals surface area (Å²) >= 11 is 0. The molecule has 29 heavy (non-hydrogen) atoms. The van der Waals surface area contributed by atoms with Gasteiger partial charge in [-0.1, -0.05) is 25.1 Å². The van der Waals surface area contributed by atoms with Gasteiger partial charge in [0.15, 0.2) is 0 Å². The minimum atomic E-state index is -1.34. The highest BCUT2D eigenvalue weighted by atomic mass is 16.2. The molecule has 2 aromatic carbocycles. The normalized spacial score (nSPS) is 20.5. The molecule has 2 aromatic rings. The van der Waals surface area contributed by atoms with Crippen LogP contribution in [0.25, 0.3) is 0 Å². The van der Waals surface area contributed by atoms with Gasteiger partial charge in [0.2, 0.25) is 11.6 Å². The molecule has 0 spiro atoms. The third-order valence-corrected chi connectivity index (χ3v) is 5.66. The number of hydrogen-bond donors (Lipinski definition) is 1. The highest BCUT2D eigenvalue weighted by molar-refractivity contribution is 6.18. The lowest BCUT2D eigenvalue weighted by Gasteiger charge is -2.49. The van der Waals surface area contributed by atoms with Gasteiger partial charge in [-0.2, -0.15) is 0 Å². The lowest BCUT2D eigenvalue weighted by Crippen LogP contribution is -2.69. The van der Waals surface area contributed by atoms with E-state index in [0.29, 0.717) is 29.9 Å². The van der Waals surface area contributed by atoms with E-state index in [0.717, 1.165) is 11.1 Å². The number of carbonyl (C=O) groups excluding carboxylic acids is 3. The van der Waals surface area contributed by atoms with Crippen molar-refractivity contribution in [2.45, 2.75) is 45.7 Å². The van der Waals surface area contributed by atoms with Gasteiger partial charge in [0.05, 0.1) is 11.3 Å². The molecule has 4 rings (SSSR count). The molecule has 0 aromatic heterocycles. The second kappa shape index (κ2) is 7.03. The first-order chi connectivity index (χ1) is 13.9. The molecule has 0 aliphatic carbocycles. The van der Waals surface area contributed by atoms with E-state index in [1.807, 2.05) is 39.0 Å². The minimum absolute atomic E-state index is 0.137. The fraction of sp³-hybridized carbons (Fsp3) is 0.348. The molecule has 1 atom stereocenters. The number of para-hydroxylation sites is 1. The van der Waals surface area contributed by atoms with Crippen molar-refractivity contribution in [1.29, 1.82) is 0 Å². The molecule has 1 saturated heterocycles. The Hall–Kier alpha value is -3.15. The van der Waals surface area contributed by atoms with E-state index in [-0.39, 0.29) is 30.6 Å². The molecule has 6 heteroatoms. The largest absolute Gasteiger partial charge is 0.322 e. The summed E-state index contributed by atoms with van der Waals surface area (Å²) in [6.45, 7) is 6.30. The van der Waals surface area contributed by atoms with Gasteiger partial charge >= 0.3 is 0 Å². The van der Waals surface area contributed by atoms with Crippen LogP contribution in [0.4, 0.5) is 11.4 Å². The molecule has 6 nitrogen and oxygen atoms in total. The highest BCUT2D eigenvalue weighted by Crippen LogP contribution is 2.45. The summed E-state index contributed by atoms with van der Waals surface area (Å²) in [5.41, 5.74) is 2.38. The van der Waals surface area contributed by atoms with Gasteiger partial charge in [-0.25, -0.2) is 0 Å². The predicted octanol–water partition coefficient (Wildman–Crippen LogP) is 3.63. The lowest BCUT2D eigenvalue weighted by atomic mass is 9.95. The first-order valence-corrected chi connectivity index (χ1v) is 10.0. The number of benzene rings is 2. The molecule has 1 unspecified atom stereocenters.